The summed E-state index contributed by atoms with van der Waals surface area (Å²) >= 11 is 5.84. The van der Waals surface area contributed by atoms with Gasteiger partial charge < -0.3 is 4.74 Å². The first-order chi connectivity index (χ1) is 8.43. The van der Waals surface area contributed by atoms with Crippen molar-refractivity contribution in [1.29, 1.82) is 10.7 Å². The summed E-state index contributed by atoms with van der Waals surface area (Å²) in [6.45, 7) is 5.94. The van der Waals surface area contributed by atoms with Crippen LogP contribution in [-0.2, 0) is 4.74 Å². The Morgan fingerprint density at radius 3 is 2.44 bits per heavy atom. The lowest BCUT2D eigenvalue weighted by molar-refractivity contribution is 0.259. The fraction of sp³-hybridized carbons (Fsp3) is 0.429. The highest BCUT2D eigenvalue weighted by Crippen LogP contribution is 2.36. The minimum atomic E-state index is -0.668. The van der Waals surface area contributed by atoms with Gasteiger partial charge in [0.15, 0.2) is 5.90 Å². The van der Waals surface area contributed by atoms with E-state index in [-0.39, 0.29) is 5.90 Å². The molecule has 0 saturated heterocycles. The van der Waals surface area contributed by atoms with Crippen LogP contribution in [-0.4, -0.2) is 12.5 Å². The standard InChI is InChI=1S/C14H17ClN2O/c1-4-18-13(17)14(2,3)12(9-16)10-5-7-11(15)8-6-10/h5-8,12,17H,4H2,1-3H3. The van der Waals surface area contributed by atoms with E-state index < -0.39 is 11.3 Å². The van der Waals surface area contributed by atoms with Gasteiger partial charge in [0.05, 0.1) is 24.0 Å². The van der Waals surface area contributed by atoms with Gasteiger partial charge in [-0.1, -0.05) is 23.7 Å². The summed E-state index contributed by atoms with van der Waals surface area (Å²) in [6, 6.07) is 9.39. The molecule has 0 aromatic heterocycles. The van der Waals surface area contributed by atoms with Gasteiger partial charge in [-0.15, -0.1) is 0 Å². The highest BCUT2D eigenvalue weighted by atomic mass is 35.5. The van der Waals surface area contributed by atoms with Crippen LogP contribution in [0.25, 0.3) is 0 Å². The topological polar surface area (TPSA) is 56.9 Å². The second-order valence-corrected chi connectivity index (χ2v) is 5.03. The largest absolute Gasteiger partial charge is 0.481 e. The molecule has 1 unspecified atom stereocenters. The van der Waals surface area contributed by atoms with Crippen molar-refractivity contribution >= 4 is 17.5 Å². The van der Waals surface area contributed by atoms with Crippen molar-refractivity contribution in [3.63, 3.8) is 0 Å². The Balaban J connectivity index is 3.06. The minimum absolute atomic E-state index is 0.131. The predicted octanol–water partition coefficient (Wildman–Crippen LogP) is 3.99. The van der Waals surface area contributed by atoms with E-state index in [1.807, 2.05) is 32.9 Å². The molecule has 0 amide bonds. The van der Waals surface area contributed by atoms with E-state index in [0.29, 0.717) is 11.6 Å². The molecule has 96 valence electrons. The zero-order chi connectivity index (χ0) is 13.8. The molecule has 0 saturated carbocycles. The van der Waals surface area contributed by atoms with Crippen LogP contribution in [0.2, 0.25) is 5.02 Å². The van der Waals surface area contributed by atoms with Gasteiger partial charge in [-0.2, -0.15) is 5.26 Å². The van der Waals surface area contributed by atoms with E-state index in [4.69, 9.17) is 21.7 Å². The Bertz CT molecular complexity index is 460. The molecule has 0 bridgehead atoms. The molecule has 18 heavy (non-hydrogen) atoms. The molecule has 0 fully saturated rings. The van der Waals surface area contributed by atoms with Gasteiger partial charge in [0.25, 0.3) is 0 Å². The number of hydrogen-bond donors (Lipinski definition) is 1. The second kappa shape index (κ2) is 5.88. The third-order valence-electron chi connectivity index (χ3n) is 2.93. The van der Waals surface area contributed by atoms with Gasteiger partial charge >= 0.3 is 0 Å². The second-order valence-electron chi connectivity index (χ2n) is 4.60. The first-order valence-electron chi connectivity index (χ1n) is 5.80. The van der Waals surface area contributed by atoms with Crippen LogP contribution in [0.1, 0.15) is 32.3 Å². The lowest BCUT2D eigenvalue weighted by Gasteiger charge is -2.29. The van der Waals surface area contributed by atoms with Crippen molar-refractivity contribution in [1.82, 2.24) is 0 Å². The number of nitriles is 1. The van der Waals surface area contributed by atoms with Gasteiger partial charge in [-0.05, 0) is 38.5 Å². The van der Waals surface area contributed by atoms with Crippen molar-refractivity contribution in [3.05, 3.63) is 34.9 Å². The molecule has 0 heterocycles. The number of nitrogens with one attached hydrogen (secondary N) is 1. The van der Waals surface area contributed by atoms with Crippen LogP contribution in [0.5, 0.6) is 0 Å². The molecule has 1 aromatic rings. The fourth-order valence-corrected chi connectivity index (χ4v) is 1.90. The van der Waals surface area contributed by atoms with Gasteiger partial charge in [-0.25, -0.2) is 0 Å². The van der Waals surface area contributed by atoms with Crippen LogP contribution in [0.4, 0.5) is 0 Å². The van der Waals surface area contributed by atoms with Crippen molar-refractivity contribution in [2.45, 2.75) is 26.7 Å². The van der Waals surface area contributed by atoms with Crippen molar-refractivity contribution < 1.29 is 4.74 Å². The monoisotopic (exact) mass is 264 g/mol. The Hall–Kier alpha value is -1.53. The quantitative estimate of drug-likeness (QED) is 0.660. The summed E-state index contributed by atoms with van der Waals surface area (Å²) in [7, 11) is 0. The third-order valence-corrected chi connectivity index (χ3v) is 3.18. The van der Waals surface area contributed by atoms with E-state index in [0.717, 1.165) is 5.56 Å². The van der Waals surface area contributed by atoms with Crippen LogP contribution < -0.4 is 0 Å². The Morgan fingerprint density at radius 1 is 1.44 bits per heavy atom. The predicted molar refractivity (Wildman–Crippen MR) is 72.9 cm³/mol. The van der Waals surface area contributed by atoms with Crippen molar-refractivity contribution in [3.8, 4) is 6.07 Å². The van der Waals surface area contributed by atoms with Crippen LogP contribution in [0.15, 0.2) is 24.3 Å². The molecule has 0 aliphatic rings. The maximum atomic E-state index is 9.37. The lowest BCUT2D eigenvalue weighted by atomic mass is 9.75. The average Bonchev–Trinajstić information content (AvgIpc) is 2.32. The SMILES string of the molecule is CCOC(=N)C(C)(C)C(C#N)c1ccc(Cl)cc1. The van der Waals surface area contributed by atoms with E-state index >= 15 is 0 Å². The third kappa shape index (κ3) is 3.02. The Morgan fingerprint density at radius 2 is 2.00 bits per heavy atom. The molecule has 1 rings (SSSR count). The highest BCUT2D eigenvalue weighted by molar-refractivity contribution is 6.30. The molecule has 3 nitrogen and oxygen atoms in total. The molecule has 1 atom stereocenters. The number of benzene rings is 1. The van der Waals surface area contributed by atoms with Crippen LogP contribution >= 0.6 is 11.6 Å². The first kappa shape index (κ1) is 14.5. The van der Waals surface area contributed by atoms with Crippen LogP contribution in [0.3, 0.4) is 0 Å². The number of rotatable bonds is 4. The minimum Gasteiger partial charge on any atom is -0.481 e. The normalized spacial score (nSPS) is 12.6. The zero-order valence-electron chi connectivity index (χ0n) is 10.8. The first-order valence-corrected chi connectivity index (χ1v) is 6.18. The summed E-state index contributed by atoms with van der Waals surface area (Å²) in [6.07, 6.45) is 0. The van der Waals surface area contributed by atoms with E-state index in [9.17, 15) is 5.26 Å². The molecule has 1 N–H and O–H groups in total. The zero-order valence-corrected chi connectivity index (χ0v) is 11.6. The molecule has 4 heteroatoms. The number of halogens is 1. The Kier molecular flexibility index (Phi) is 4.75. The summed E-state index contributed by atoms with van der Waals surface area (Å²) in [4.78, 5) is 0. The smallest absolute Gasteiger partial charge is 0.187 e. The fourth-order valence-electron chi connectivity index (χ4n) is 1.77. The summed E-state index contributed by atoms with van der Waals surface area (Å²) in [5, 5.41) is 17.9. The maximum Gasteiger partial charge on any atom is 0.187 e. The molecule has 0 aliphatic carbocycles. The number of ether oxygens (including phenoxy) is 1. The average molecular weight is 265 g/mol. The van der Waals surface area contributed by atoms with Crippen molar-refractivity contribution in [2.24, 2.45) is 5.41 Å². The highest BCUT2D eigenvalue weighted by Gasteiger charge is 2.36. The van der Waals surface area contributed by atoms with E-state index in [2.05, 4.69) is 6.07 Å². The molecular formula is C14H17ClN2O. The van der Waals surface area contributed by atoms with Crippen LogP contribution in [0, 0.1) is 22.2 Å². The van der Waals surface area contributed by atoms with Gasteiger partial charge in [0.2, 0.25) is 0 Å². The number of hydrogen-bond acceptors (Lipinski definition) is 3. The van der Waals surface area contributed by atoms with E-state index in [1.54, 1.807) is 12.1 Å². The van der Waals surface area contributed by atoms with E-state index in [1.165, 1.54) is 0 Å². The molecule has 0 aliphatic heterocycles. The Labute approximate surface area is 113 Å². The molecule has 1 aromatic carbocycles. The van der Waals surface area contributed by atoms with Crippen molar-refractivity contribution in [2.75, 3.05) is 6.61 Å². The summed E-state index contributed by atoms with van der Waals surface area (Å²) < 4.78 is 5.24. The lowest BCUT2D eigenvalue weighted by Crippen LogP contribution is -2.32. The van der Waals surface area contributed by atoms with Gasteiger partial charge in [-0.3, -0.25) is 5.41 Å². The summed E-state index contributed by atoms with van der Waals surface area (Å²) in [5.74, 6) is -0.305. The van der Waals surface area contributed by atoms with Gasteiger partial charge in [0.1, 0.15) is 0 Å². The van der Waals surface area contributed by atoms with Gasteiger partial charge in [0, 0.05) is 5.02 Å². The molecular weight excluding hydrogens is 248 g/mol. The summed E-state index contributed by atoms with van der Waals surface area (Å²) in [5.41, 5.74) is 0.176. The number of nitrogens with zero attached hydrogens (tertiary/aromatic N) is 1. The molecule has 0 spiro atoms. The molecule has 0 radical (unpaired) electrons. The maximum absolute atomic E-state index is 9.37.